The lowest BCUT2D eigenvalue weighted by Crippen LogP contribution is -2.09. The van der Waals surface area contributed by atoms with Gasteiger partial charge in [0, 0.05) is 24.0 Å². The number of anilines is 2. The number of nitrogen functional groups attached to an aromatic ring is 2. The van der Waals surface area contributed by atoms with Crippen molar-refractivity contribution in [3.8, 4) is 11.2 Å². The molecule has 0 radical (unpaired) electrons. The Morgan fingerprint density at radius 3 is 2.00 bits per heavy atom. The van der Waals surface area contributed by atoms with Gasteiger partial charge in [-0.05, 0) is 78.9 Å². The van der Waals surface area contributed by atoms with Gasteiger partial charge in [-0.15, -0.1) is 15.3 Å². The predicted octanol–water partition coefficient (Wildman–Crippen LogP) is 3.84. The number of rotatable bonds is 13. The van der Waals surface area contributed by atoms with E-state index in [0.717, 1.165) is 12.1 Å². The number of sulfone groups is 1. The van der Waals surface area contributed by atoms with E-state index in [1.807, 2.05) is 5.25 Å². The van der Waals surface area contributed by atoms with Gasteiger partial charge in [-0.3, -0.25) is 18.5 Å². The van der Waals surface area contributed by atoms with Crippen molar-refractivity contribution in [2.24, 2.45) is 20.5 Å². The van der Waals surface area contributed by atoms with Crippen LogP contribution in [0.1, 0.15) is 13.3 Å². The summed E-state index contributed by atoms with van der Waals surface area (Å²) in [5.41, 5.74) is 9.44. The zero-order chi connectivity index (χ0) is 37.5. The van der Waals surface area contributed by atoms with Crippen molar-refractivity contribution in [2.45, 2.75) is 32.9 Å². The maximum Gasteiger partial charge on any atom is 0.347 e. The highest BCUT2D eigenvalue weighted by molar-refractivity contribution is 8.04. The molecule has 0 aromatic heterocycles. The zero-order valence-corrected chi connectivity index (χ0v) is 29.4. The first-order chi connectivity index (χ1) is 23.1. The van der Waals surface area contributed by atoms with Crippen LogP contribution in [0.4, 0.5) is 34.1 Å². The molecule has 0 atom stereocenters. The molecule has 50 heavy (non-hydrogen) atoms. The number of azo groups is 2. The molecule has 3 rings (SSSR count). The van der Waals surface area contributed by atoms with Crippen LogP contribution in [0.25, 0.3) is 0 Å². The predicted molar refractivity (Wildman–Crippen MR) is 179 cm³/mol. The number of benzene rings is 3. The van der Waals surface area contributed by atoms with E-state index in [1.54, 1.807) is 12.8 Å². The first-order valence-electron chi connectivity index (χ1n) is 13.4. The lowest BCUT2D eigenvalue weighted by Gasteiger charge is -2.10. The van der Waals surface area contributed by atoms with Gasteiger partial charge in [0.15, 0.2) is 9.84 Å². The van der Waals surface area contributed by atoms with E-state index >= 15 is 0 Å². The molecule has 3 aromatic carbocycles. The second-order valence-electron chi connectivity index (χ2n) is 9.50. The van der Waals surface area contributed by atoms with Crippen LogP contribution in [0.2, 0.25) is 0 Å². The lowest BCUT2D eigenvalue weighted by molar-refractivity contribution is -0.107. The summed E-state index contributed by atoms with van der Waals surface area (Å²) in [4.78, 5) is 9.39. The van der Waals surface area contributed by atoms with Gasteiger partial charge in [-0.1, -0.05) is 0 Å². The number of nitrogens with two attached hydrogens (primary N) is 2. The van der Waals surface area contributed by atoms with Crippen LogP contribution in [0.3, 0.4) is 0 Å². The fraction of sp³-hybridized carbons (Fsp3) is 0.192. The second-order valence-corrected chi connectivity index (χ2v) is 16.6. The SMILES string of the molecule is CCOCCCS(=O)(=O)c1ccc(N=Nc2c(N)c(N=Nc3ccc(SC#CC(=O)S(=O)(=O)O)cc3S(=O)(=O)O)cc(S(=O)(=O)O)c2N)cc1. The smallest absolute Gasteiger partial charge is 0.347 e. The molecule has 0 fully saturated rings. The summed E-state index contributed by atoms with van der Waals surface area (Å²) >= 11 is 0.448. The highest BCUT2D eigenvalue weighted by Gasteiger charge is 2.23. The molecule has 0 aliphatic heterocycles. The molecule has 0 spiro atoms. The summed E-state index contributed by atoms with van der Waals surface area (Å²) in [7, 11) is -18.8. The first kappa shape index (κ1) is 40.1. The summed E-state index contributed by atoms with van der Waals surface area (Å²) in [5, 5.41) is 15.4. The minimum Gasteiger partial charge on any atom is -0.396 e. The number of carbonyl (C=O) groups excluding carboxylic acids is 1. The van der Waals surface area contributed by atoms with E-state index in [1.165, 1.54) is 30.3 Å². The van der Waals surface area contributed by atoms with E-state index in [2.05, 4.69) is 20.5 Å². The summed E-state index contributed by atoms with van der Waals surface area (Å²) in [6, 6.07) is 8.85. The zero-order valence-electron chi connectivity index (χ0n) is 25.4. The Hall–Kier alpha value is -4.32. The Balaban J connectivity index is 2.01. The number of thioether (sulfide) groups is 1. The van der Waals surface area contributed by atoms with Gasteiger partial charge in [0.25, 0.3) is 20.2 Å². The van der Waals surface area contributed by atoms with Crippen molar-refractivity contribution in [3.05, 3.63) is 48.5 Å². The molecule has 0 saturated heterocycles. The number of ether oxygens (including phenoxy) is 1. The Bertz CT molecular complexity index is 2370. The van der Waals surface area contributed by atoms with E-state index in [4.69, 9.17) is 20.8 Å². The highest BCUT2D eigenvalue weighted by atomic mass is 32.2. The van der Waals surface area contributed by atoms with Crippen molar-refractivity contribution in [3.63, 3.8) is 0 Å². The molecule has 0 amide bonds. The van der Waals surface area contributed by atoms with Gasteiger partial charge >= 0.3 is 15.2 Å². The van der Waals surface area contributed by atoms with Crippen molar-refractivity contribution >= 4 is 91.2 Å². The Morgan fingerprint density at radius 1 is 0.800 bits per heavy atom. The average molecular weight is 791 g/mol. The van der Waals surface area contributed by atoms with Crippen LogP contribution in [0, 0.1) is 11.2 Å². The fourth-order valence-electron chi connectivity index (χ4n) is 3.65. The average Bonchev–Trinajstić information content (AvgIpc) is 3.01. The van der Waals surface area contributed by atoms with Crippen molar-refractivity contribution in [1.82, 2.24) is 0 Å². The molecule has 0 unspecified atom stereocenters. The van der Waals surface area contributed by atoms with E-state index in [0.29, 0.717) is 24.4 Å². The van der Waals surface area contributed by atoms with Crippen molar-refractivity contribution in [2.75, 3.05) is 30.4 Å². The van der Waals surface area contributed by atoms with Crippen LogP contribution in [-0.4, -0.2) is 71.4 Å². The van der Waals surface area contributed by atoms with Gasteiger partial charge in [0.05, 0.1) is 27.7 Å². The maximum absolute atomic E-state index is 12.6. The third-order valence-corrected chi connectivity index (χ3v) is 10.9. The standard InChI is InChI=1S/C26H26N6O13S5/c1-2-45-11-3-13-47(34,35)18-7-4-16(5-8-18)29-32-26-24(27)20(15-22(25(26)28)49(39,40)41)31-30-19-9-6-17(14-21(19)48(36,37)38)46-12-10-23(33)50(42,43)44/h4-9,14-15H,2-3,11,13,27-28H2,1H3,(H,36,37,38)(H,39,40,41)(H,42,43,44). The molecule has 268 valence electrons. The second kappa shape index (κ2) is 16.1. The summed E-state index contributed by atoms with van der Waals surface area (Å²) in [6.07, 6.45) is 0.280. The normalized spacial score (nSPS) is 12.6. The molecule has 0 saturated carbocycles. The summed E-state index contributed by atoms with van der Waals surface area (Å²) < 4.78 is 128. The number of nitrogens with zero attached hydrogens (tertiary/aromatic N) is 4. The van der Waals surface area contributed by atoms with Crippen LogP contribution in [0.15, 0.2) is 88.6 Å². The van der Waals surface area contributed by atoms with Gasteiger partial charge < -0.3 is 16.2 Å². The number of hydrogen-bond donors (Lipinski definition) is 5. The summed E-state index contributed by atoms with van der Waals surface area (Å²) in [5.74, 6) is 1.45. The molecule has 0 aliphatic rings. The molecular formula is C26H26N6O13S5. The molecule has 3 aromatic rings. The minimum absolute atomic E-state index is 0.000819. The molecule has 0 bridgehead atoms. The topological polar surface area (TPSA) is 325 Å². The highest BCUT2D eigenvalue weighted by Crippen LogP contribution is 2.43. The number of carbonyl (C=O) groups is 1. The van der Waals surface area contributed by atoms with Crippen molar-refractivity contribution in [1.29, 1.82) is 0 Å². The minimum atomic E-state index is -5.08. The fourth-order valence-corrected chi connectivity index (χ4v) is 7.12. The Kier molecular flexibility index (Phi) is 12.9. The van der Waals surface area contributed by atoms with Crippen LogP contribution < -0.4 is 11.5 Å². The van der Waals surface area contributed by atoms with Crippen molar-refractivity contribution < 1.29 is 56.9 Å². The molecule has 19 nitrogen and oxygen atoms in total. The molecule has 24 heteroatoms. The maximum atomic E-state index is 12.6. The summed E-state index contributed by atoms with van der Waals surface area (Å²) in [6.45, 7) is 2.50. The van der Waals surface area contributed by atoms with Gasteiger partial charge in [-0.2, -0.15) is 30.4 Å². The first-order valence-corrected chi connectivity index (χ1v) is 20.2. The number of hydrogen-bond acceptors (Lipinski definition) is 17. The Morgan fingerprint density at radius 2 is 1.42 bits per heavy atom. The van der Waals surface area contributed by atoms with Gasteiger partial charge in [-0.25, -0.2) is 8.42 Å². The van der Waals surface area contributed by atoms with Gasteiger partial charge in [0.1, 0.15) is 26.9 Å². The largest absolute Gasteiger partial charge is 0.396 e. The molecule has 0 heterocycles. The monoisotopic (exact) mass is 790 g/mol. The third-order valence-electron chi connectivity index (χ3n) is 6.00. The molecule has 7 N–H and O–H groups in total. The quantitative estimate of drug-likeness (QED) is 0.0410. The van der Waals surface area contributed by atoms with E-state index in [-0.39, 0.29) is 34.3 Å². The van der Waals surface area contributed by atoms with Crippen LogP contribution >= 0.6 is 11.8 Å². The third kappa shape index (κ3) is 10.8. The van der Waals surface area contributed by atoms with Gasteiger partial charge in [0.2, 0.25) is 0 Å². The van der Waals surface area contributed by atoms with Crippen LogP contribution in [0.5, 0.6) is 0 Å². The Labute approximate surface area is 290 Å². The lowest BCUT2D eigenvalue weighted by atomic mass is 10.2. The van der Waals surface area contributed by atoms with E-state index in [9.17, 15) is 47.6 Å². The van der Waals surface area contributed by atoms with E-state index < -0.39 is 83.5 Å². The molecule has 0 aliphatic carbocycles. The van der Waals surface area contributed by atoms with Crippen LogP contribution in [-0.2, 0) is 49.7 Å². The molecular weight excluding hydrogens is 765 g/mol.